The molecule has 1 atom stereocenters. The fraction of sp³-hybridized carbons (Fsp3) is 0.273. The molecule has 2 heterocycles. The van der Waals surface area contributed by atoms with Gasteiger partial charge in [0.1, 0.15) is 11.8 Å². The van der Waals surface area contributed by atoms with Crippen LogP contribution >= 0.6 is 0 Å². The van der Waals surface area contributed by atoms with Gasteiger partial charge in [-0.1, -0.05) is 54.0 Å². The summed E-state index contributed by atoms with van der Waals surface area (Å²) in [6.07, 6.45) is 3.94. The summed E-state index contributed by atoms with van der Waals surface area (Å²) >= 11 is 0. The molecule has 0 amide bonds. The first-order valence-electron chi connectivity index (χ1n) is 9.80. The van der Waals surface area contributed by atoms with E-state index >= 15 is 0 Å². The van der Waals surface area contributed by atoms with Crippen molar-refractivity contribution < 1.29 is 17.7 Å². The predicted octanol–water partition coefficient (Wildman–Crippen LogP) is 4.27. The Morgan fingerprint density at radius 3 is 2.77 bits per heavy atom. The maximum atomic E-state index is 13.0. The van der Waals surface area contributed by atoms with Crippen LogP contribution in [0.25, 0.3) is 17.5 Å². The standard InChI is InChI=1S/C22H23N3O4S/c1-28-19-11-7-10-18(16-19)21-23-22(29-24-21)20-12-5-6-14-25(20)30(26,27)15-13-17-8-3-2-4-9-17/h2-4,7-11,13,15-16,20H,5-6,12,14H2,1H3. The van der Waals surface area contributed by atoms with Gasteiger partial charge in [0.15, 0.2) is 0 Å². The van der Waals surface area contributed by atoms with Gasteiger partial charge in [0.05, 0.1) is 7.11 Å². The minimum Gasteiger partial charge on any atom is -0.497 e. The maximum Gasteiger partial charge on any atom is 0.245 e. The Balaban J connectivity index is 1.59. The molecule has 3 aromatic rings. The lowest BCUT2D eigenvalue weighted by atomic mass is 10.1. The molecular weight excluding hydrogens is 402 g/mol. The van der Waals surface area contributed by atoms with Gasteiger partial charge >= 0.3 is 0 Å². The molecule has 1 saturated heterocycles. The van der Waals surface area contributed by atoms with Crippen LogP contribution in [-0.4, -0.2) is 36.5 Å². The summed E-state index contributed by atoms with van der Waals surface area (Å²) in [5.41, 5.74) is 1.58. The predicted molar refractivity (Wildman–Crippen MR) is 114 cm³/mol. The van der Waals surface area contributed by atoms with Crippen LogP contribution in [0, 0.1) is 0 Å². The molecule has 30 heavy (non-hydrogen) atoms. The van der Waals surface area contributed by atoms with E-state index < -0.39 is 16.1 Å². The molecule has 0 saturated carbocycles. The van der Waals surface area contributed by atoms with Crippen molar-refractivity contribution in [3.63, 3.8) is 0 Å². The van der Waals surface area contributed by atoms with Crippen molar-refractivity contribution in [3.05, 3.63) is 71.5 Å². The van der Waals surface area contributed by atoms with Gasteiger partial charge in [-0.3, -0.25) is 0 Å². The first kappa shape index (κ1) is 20.3. The van der Waals surface area contributed by atoms with Crippen LogP contribution in [0.15, 0.2) is 64.5 Å². The molecule has 1 aromatic heterocycles. The number of nitrogens with zero attached hydrogens (tertiary/aromatic N) is 3. The number of hydrogen-bond donors (Lipinski definition) is 0. The van der Waals surface area contributed by atoms with Crippen LogP contribution < -0.4 is 4.74 Å². The Kier molecular flexibility index (Phi) is 5.96. The lowest BCUT2D eigenvalue weighted by Crippen LogP contribution is -2.37. The summed E-state index contributed by atoms with van der Waals surface area (Å²) in [4.78, 5) is 4.50. The van der Waals surface area contributed by atoms with E-state index in [-0.39, 0.29) is 0 Å². The van der Waals surface area contributed by atoms with E-state index in [1.165, 1.54) is 9.71 Å². The van der Waals surface area contributed by atoms with E-state index in [2.05, 4.69) is 10.1 Å². The van der Waals surface area contributed by atoms with Crippen molar-refractivity contribution >= 4 is 16.1 Å². The highest BCUT2D eigenvalue weighted by atomic mass is 32.2. The molecule has 1 aliphatic rings. The fourth-order valence-corrected chi connectivity index (χ4v) is 4.93. The molecule has 0 bridgehead atoms. The van der Waals surface area contributed by atoms with E-state index in [0.29, 0.717) is 30.4 Å². The molecule has 1 aliphatic heterocycles. The quantitative estimate of drug-likeness (QED) is 0.586. The number of aromatic nitrogens is 2. The number of ether oxygens (including phenoxy) is 1. The summed E-state index contributed by atoms with van der Waals surface area (Å²) < 4.78 is 38.3. The van der Waals surface area contributed by atoms with E-state index in [1.807, 2.05) is 54.6 Å². The SMILES string of the molecule is COc1cccc(-c2noc(C3CCCCN3S(=O)(=O)C=Cc3ccccc3)n2)c1. The number of hydrogen-bond acceptors (Lipinski definition) is 6. The topological polar surface area (TPSA) is 85.5 Å². The summed E-state index contributed by atoms with van der Waals surface area (Å²) in [5, 5.41) is 5.32. The first-order chi connectivity index (χ1) is 14.6. The van der Waals surface area contributed by atoms with Crippen molar-refractivity contribution in [2.75, 3.05) is 13.7 Å². The lowest BCUT2D eigenvalue weighted by molar-refractivity contribution is 0.206. The summed E-state index contributed by atoms with van der Waals surface area (Å²) in [6, 6.07) is 16.2. The Bertz CT molecular complexity index is 1130. The van der Waals surface area contributed by atoms with Crippen molar-refractivity contribution in [1.29, 1.82) is 0 Å². The molecule has 8 heteroatoms. The minimum absolute atomic E-state index is 0.309. The normalized spacial score (nSPS) is 18.0. The summed E-state index contributed by atoms with van der Waals surface area (Å²) in [5.74, 6) is 1.41. The van der Waals surface area contributed by atoms with Crippen LogP contribution in [-0.2, 0) is 10.0 Å². The van der Waals surface area contributed by atoms with E-state index in [1.54, 1.807) is 13.2 Å². The third kappa shape index (κ3) is 4.44. The Hall–Kier alpha value is -2.97. The van der Waals surface area contributed by atoms with Crippen LogP contribution in [0.3, 0.4) is 0 Å². The van der Waals surface area contributed by atoms with Crippen LogP contribution in [0.2, 0.25) is 0 Å². The van der Waals surface area contributed by atoms with Gasteiger partial charge in [-0.15, -0.1) is 0 Å². The minimum atomic E-state index is -3.64. The highest BCUT2D eigenvalue weighted by molar-refractivity contribution is 7.92. The number of sulfonamides is 1. The van der Waals surface area contributed by atoms with Crippen molar-refractivity contribution in [2.45, 2.75) is 25.3 Å². The summed E-state index contributed by atoms with van der Waals surface area (Å²) in [7, 11) is -2.05. The molecule has 0 N–H and O–H groups in total. The van der Waals surface area contributed by atoms with Crippen LogP contribution in [0.5, 0.6) is 5.75 Å². The Morgan fingerprint density at radius 1 is 1.13 bits per heavy atom. The molecular formula is C22H23N3O4S. The average Bonchev–Trinajstić information content (AvgIpc) is 3.29. The van der Waals surface area contributed by atoms with Crippen LogP contribution in [0.4, 0.5) is 0 Å². The first-order valence-corrected chi connectivity index (χ1v) is 11.3. The fourth-order valence-electron chi connectivity index (χ4n) is 3.51. The van der Waals surface area contributed by atoms with Gasteiger partial charge in [0, 0.05) is 17.5 Å². The maximum absolute atomic E-state index is 13.0. The number of benzene rings is 2. The highest BCUT2D eigenvalue weighted by Gasteiger charge is 2.35. The van der Waals surface area contributed by atoms with Crippen molar-refractivity contribution in [2.24, 2.45) is 0 Å². The number of piperidine rings is 1. The van der Waals surface area contributed by atoms with E-state index in [4.69, 9.17) is 9.26 Å². The molecule has 1 unspecified atom stereocenters. The molecule has 2 aromatic carbocycles. The molecule has 156 valence electrons. The second-order valence-corrected chi connectivity index (χ2v) is 8.84. The second-order valence-electron chi connectivity index (χ2n) is 7.07. The summed E-state index contributed by atoms with van der Waals surface area (Å²) in [6.45, 7) is 0.420. The van der Waals surface area contributed by atoms with Gasteiger partial charge in [-0.25, -0.2) is 8.42 Å². The third-order valence-corrected chi connectivity index (χ3v) is 6.64. The molecule has 0 aliphatic carbocycles. The lowest BCUT2D eigenvalue weighted by Gasteiger charge is -2.31. The second kappa shape index (κ2) is 8.81. The molecule has 4 rings (SSSR count). The van der Waals surface area contributed by atoms with Gasteiger partial charge in [-0.2, -0.15) is 9.29 Å². The van der Waals surface area contributed by atoms with Crippen molar-refractivity contribution in [3.8, 4) is 17.1 Å². The van der Waals surface area contributed by atoms with Gasteiger partial charge in [0.2, 0.25) is 21.7 Å². The Labute approximate surface area is 176 Å². The third-order valence-electron chi connectivity index (χ3n) is 5.07. The number of rotatable bonds is 6. The Morgan fingerprint density at radius 2 is 1.97 bits per heavy atom. The molecule has 0 radical (unpaired) electrons. The number of methoxy groups -OCH3 is 1. The van der Waals surface area contributed by atoms with E-state index in [9.17, 15) is 8.42 Å². The molecule has 1 fully saturated rings. The smallest absolute Gasteiger partial charge is 0.245 e. The van der Waals surface area contributed by atoms with Gasteiger partial charge in [-0.05, 0) is 36.6 Å². The zero-order valence-corrected chi connectivity index (χ0v) is 17.5. The van der Waals surface area contributed by atoms with Gasteiger partial charge < -0.3 is 9.26 Å². The molecule has 7 nitrogen and oxygen atoms in total. The zero-order valence-electron chi connectivity index (χ0n) is 16.6. The molecule has 0 spiro atoms. The zero-order chi connectivity index (χ0) is 21.0. The monoisotopic (exact) mass is 425 g/mol. The van der Waals surface area contributed by atoms with Gasteiger partial charge in [0.25, 0.3) is 0 Å². The largest absolute Gasteiger partial charge is 0.497 e. The average molecular weight is 426 g/mol. The van der Waals surface area contributed by atoms with Crippen LogP contribution in [0.1, 0.15) is 36.8 Å². The van der Waals surface area contributed by atoms with E-state index in [0.717, 1.165) is 24.0 Å². The highest BCUT2D eigenvalue weighted by Crippen LogP contribution is 2.34. The van der Waals surface area contributed by atoms with Crippen molar-refractivity contribution in [1.82, 2.24) is 14.4 Å².